The molecule has 0 saturated heterocycles. The molecule has 260 valence electrons. The number of aromatic amines is 1. The smallest absolute Gasteiger partial charge is 0.336 e. The molecule has 10 N–H and O–H groups in total. The minimum Gasteiger partial charge on any atom is -0.481 e. The van der Waals surface area contributed by atoms with Crippen molar-refractivity contribution in [2.24, 2.45) is 0 Å². The van der Waals surface area contributed by atoms with E-state index in [2.05, 4.69) is 35.9 Å². The van der Waals surface area contributed by atoms with Gasteiger partial charge >= 0.3 is 23.9 Å². The lowest BCUT2D eigenvalue weighted by Crippen LogP contribution is -2.43. The van der Waals surface area contributed by atoms with E-state index in [4.69, 9.17) is 21.3 Å². The van der Waals surface area contributed by atoms with Crippen molar-refractivity contribution in [3.8, 4) is 0 Å². The van der Waals surface area contributed by atoms with Gasteiger partial charge in [-0.25, -0.2) is 19.6 Å². The number of anilines is 3. The number of hydrogen-bond acceptors (Lipinski definition) is 14. The fraction of sp³-hybridized carbons (Fsp3) is 0.226. The number of carboxylic acid groups (broad SMARTS) is 2. The molecule has 2 heterocycles. The molecule has 2 amide bonds. The number of rotatable bonds is 15. The molecule has 19 nitrogen and oxygen atoms in total. The van der Waals surface area contributed by atoms with Crippen LogP contribution in [-0.2, 0) is 30.5 Å². The van der Waals surface area contributed by atoms with Crippen LogP contribution in [0.1, 0.15) is 52.1 Å². The molecule has 0 aliphatic heterocycles. The first kappa shape index (κ1) is 35.9. The predicted molar refractivity (Wildman–Crippen MR) is 174 cm³/mol. The molecule has 2 unspecified atom stereocenters. The maximum atomic E-state index is 12.8. The Kier molecular flexibility index (Phi) is 11.7. The van der Waals surface area contributed by atoms with Crippen LogP contribution in [0.4, 0.5) is 17.3 Å². The Morgan fingerprint density at radius 2 is 1.42 bits per heavy atom. The number of hydrogen-bond donors (Lipinski definition) is 8. The fourth-order valence-electron chi connectivity index (χ4n) is 4.38. The van der Waals surface area contributed by atoms with Gasteiger partial charge in [-0.2, -0.15) is 4.98 Å². The first-order valence-corrected chi connectivity index (χ1v) is 14.8. The van der Waals surface area contributed by atoms with Crippen LogP contribution in [0.15, 0.2) is 59.5 Å². The van der Waals surface area contributed by atoms with Crippen molar-refractivity contribution in [2.75, 3.05) is 16.8 Å². The van der Waals surface area contributed by atoms with E-state index in [1.807, 2.05) is 0 Å². The Bertz CT molecular complexity index is 1980. The van der Waals surface area contributed by atoms with Gasteiger partial charge in [0.05, 0.1) is 18.4 Å². The summed E-state index contributed by atoms with van der Waals surface area (Å²) in [5.41, 5.74) is 12.2. The van der Waals surface area contributed by atoms with Crippen molar-refractivity contribution in [2.45, 2.75) is 44.3 Å². The maximum absolute atomic E-state index is 12.8. The van der Waals surface area contributed by atoms with Gasteiger partial charge in [-0.15, -0.1) is 0 Å². The molecule has 0 fully saturated rings. The Hall–Kier alpha value is -6.92. The van der Waals surface area contributed by atoms with Crippen LogP contribution in [0.2, 0.25) is 0 Å². The molecule has 0 saturated carbocycles. The summed E-state index contributed by atoms with van der Waals surface area (Å²) in [7, 11) is 0. The molecule has 19 heteroatoms. The van der Waals surface area contributed by atoms with Crippen LogP contribution in [-0.4, -0.2) is 77.9 Å². The fourth-order valence-corrected chi connectivity index (χ4v) is 4.38. The van der Waals surface area contributed by atoms with E-state index in [0.717, 1.165) is 0 Å². The van der Waals surface area contributed by atoms with Gasteiger partial charge in [0.2, 0.25) is 5.95 Å². The van der Waals surface area contributed by atoms with Crippen LogP contribution in [0.5, 0.6) is 0 Å². The second-order valence-electron chi connectivity index (χ2n) is 10.7. The monoisotopic (exact) mass is 689 g/mol. The Balaban J connectivity index is 1.29. The number of nitrogen functional groups attached to an aromatic ring is 2. The molecule has 2 atom stereocenters. The van der Waals surface area contributed by atoms with E-state index >= 15 is 0 Å². The quantitative estimate of drug-likeness (QED) is 0.0469. The highest BCUT2D eigenvalue weighted by Crippen LogP contribution is 2.13. The van der Waals surface area contributed by atoms with Crippen LogP contribution >= 0.6 is 0 Å². The summed E-state index contributed by atoms with van der Waals surface area (Å²) in [5, 5.41) is 26.3. The molecular weight excluding hydrogens is 658 g/mol. The van der Waals surface area contributed by atoms with Gasteiger partial charge in [-0.3, -0.25) is 29.0 Å². The number of amides is 2. The van der Waals surface area contributed by atoms with E-state index in [9.17, 15) is 38.7 Å². The maximum Gasteiger partial charge on any atom is 0.336 e. The number of H-pyrrole nitrogens is 1. The van der Waals surface area contributed by atoms with Crippen LogP contribution < -0.4 is 33.0 Å². The number of carbonyl (C=O) groups is 6. The number of aromatic nitrogens is 4. The zero-order chi connectivity index (χ0) is 36.4. The van der Waals surface area contributed by atoms with Crippen LogP contribution in [0, 0.1) is 0 Å². The third kappa shape index (κ3) is 10.0. The highest BCUT2D eigenvalue weighted by atomic mass is 16.6. The van der Waals surface area contributed by atoms with Crippen molar-refractivity contribution < 1.29 is 43.7 Å². The summed E-state index contributed by atoms with van der Waals surface area (Å²) in [6.07, 6.45) is -0.579. The van der Waals surface area contributed by atoms with Crippen molar-refractivity contribution in [1.29, 1.82) is 0 Å². The summed E-state index contributed by atoms with van der Waals surface area (Å²) in [6, 6.07) is 8.53. The van der Waals surface area contributed by atoms with E-state index in [1.165, 1.54) is 42.6 Å². The molecule has 0 aliphatic rings. The van der Waals surface area contributed by atoms with Crippen LogP contribution in [0.3, 0.4) is 0 Å². The van der Waals surface area contributed by atoms with E-state index in [0.29, 0.717) is 17.1 Å². The van der Waals surface area contributed by atoms with Crippen molar-refractivity contribution in [3.63, 3.8) is 0 Å². The van der Waals surface area contributed by atoms with Crippen molar-refractivity contribution in [1.82, 2.24) is 30.6 Å². The van der Waals surface area contributed by atoms with Crippen LogP contribution in [0.25, 0.3) is 11.2 Å². The number of nitrogens with one attached hydrogen (secondary N) is 4. The molecular formula is C31H31N9O10. The number of esters is 2. The highest BCUT2D eigenvalue weighted by molar-refractivity contribution is 5.99. The molecule has 0 radical (unpaired) electrons. The van der Waals surface area contributed by atoms with E-state index in [1.54, 1.807) is 12.1 Å². The lowest BCUT2D eigenvalue weighted by atomic mass is 10.1. The number of nitrogens with two attached hydrogens (primary N) is 2. The average Bonchev–Trinajstić information content (AvgIpc) is 3.07. The Morgan fingerprint density at radius 3 is 2.04 bits per heavy atom. The number of carbonyl (C=O) groups excluding carboxylic acids is 4. The van der Waals surface area contributed by atoms with E-state index in [-0.39, 0.29) is 34.8 Å². The molecule has 2 aromatic heterocycles. The molecule has 50 heavy (non-hydrogen) atoms. The highest BCUT2D eigenvalue weighted by Gasteiger charge is 2.28. The summed E-state index contributed by atoms with van der Waals surface area (Å²) >= 11 is 0. The van der Waals surface area contributed by atoms with Gasteiger partial charge in [0.25, 0.3) is 17.4 Å². The lowest BCUT2D eigenvalue weighted by molar-refractivity contribution is -0.161. The Morgan fingerprint density at radius 1 is 0.820 bits per heavy atom. The molecule has 0 spiro atoms. The first-order chi connectivity index (χ1) is 23.8. The number of nitrogens with zero attached hydrogens (tertiary/aromatic N) is 3. The topological polar surface area (TPSA) is 312 Å². The van der Waals surface area contributed by atoms with Gasteiger partial charge in [0.15, 0.2) is 11.2 Å². The first-order valence-electron chi connectivity index (χ1n) is 14.8. The average molecular weight is 690 g/mol. The normalized spacial score (nSPS) is 11.9. The second kappa shape index (κ2) is 16.3. The standard InChI is InChI=1S/C31H31N9O10/c32-17-5-1-15(2-6-17)27(45)38-21(9-11-22(41)42)30(49)50-23(43)12-10-20(29(47)48)37-26(44)16-3-7-18(8-4-16)34-13-19-14-35-25-24(36-19)28(46)40-31(33)39-25/h1-8,14,20-21,34H,9-13,32H2,(H,37,44)(H,38,45)(H,41,42)(H,47,48)(H3,33,35,39,40,46). The second-order valence-corrected chi connectivity index (χ2v) is 10.7. The summed E-state index contributed by atoms with van der Waals surface area (Å²) in [5.74, 6) is -6.72. The predicted octanol–water partition coefficient (Wildman–Crippen LogP) is 0.186. The number of benzene rings is 2. The lowest BCUT2D eigenvalue weighted by Gasteiger charge is -2.17. The molecule has 4 aromatic rings. The number of carboxylic acids is 2. The van der Waals surface area contributed by atoms with Crippen molar-refractivity contribution in [3.05, 3.63) is 81.9 Å². The van der Waals surface area contributed by atoms with Gasteiger partial charge in [-0.05, 0) is 61.4 Å². The Labute approximate surface area is 281 Å². The number of ether oxygens (including phenoxy) is 1. The number of fused-ring (bicyclic) bond motifs is 1. The van der Waals surface area contributed by atoms with Gasteiger partial charge in [0, 0.05) is 35.3 Å². The van der Waals surface area contributed by atoms with Gasteiger partial charge < -0.3 is 42.4 Å². The molecule has 0 aliphatic carbocycles. The molecule has 4 rings (SSSR count). The minimum absolute atomic E-state index is 0.0113. The summed E-state index contributed by atoms with van der Waals surface area (Å²) < 4.78 is 4.77. The minimum atomic E-state index is -1.55. The van der Waals surface area contributed by atoms with Crippen molar-refractivity contribution >= 4 is 64.2 Å². The molecule has 2 aromatic carbocycles. The zero-order valence-corrected chi connectivity index (χ0v) is 26.0. The summed E-state index contributed by atoms with van der Waals surface area (Å²) in [6.45, 7) is 0.160. The molecule has 0 bridgehead atoms. The zero-order valence-electron chi connectivity index (χ0n) is 26.0. The van der Waals surface area contributed by atoms with Gasteiger partial charge in [-0.1, -0.05) is 0 Å². The summed E-state index contributed by atoms with van der Waals surface area (Å²) in [4.78, 5) is 100.0. The van der Waals surface area contributed by atoms with E-state index < -0.39 is 79.0 Å². The largest absolute Gasteiger partial charge is 0.481 e. The third-order valence-electron chi connectivity index (χ3n) is 6.97. The third-order valence-corrected chi connectivity index (χ3v) is 6.97. The SMILES string of the molecule is Nc1ccc(C(=O)NC(CCC(=O)O)C(=O)OC(=O)CCC(NC(=O)c2ccc(NCc3cnc4nc(N)[nH]c(=O)c4n3)cc2)C(=O)O)cc1. The van der Waals surface area contributed by atoms with Gasteiger partial charge in [0.1, 0.15) is 12.1 Å². The number of aliphatic carboxylic acids is 2.